The largest absolute Gasteiger partial charge is 0.338 e. The third-order valence-corrected chi connectivity index (χ3v) is 5.05. The molecular formula is C17H19BrN4OS. The van der Waals surface area contributed by atoms with Gasteiger partial charge in [-0.1, -0.05) is 53.6 Å². The van der Waals surface area contributed by atoms with Crippen LogP contribution in [-0.4, -0.2) is 19.7 Å². The van der Waals surface area contributed by atoms with Crippen LogP contribution in [0.2, 0.25) is 0 Å². The molecule has 0 N–H and O–H groups in total. The fourth-order valence-corrected chi connectivity index (χ4v) is 3.27. The lowest BCUT2D eigenvalue weighted by Crippen LogP contribution is -2.13. The molecule has 0 bridgehead atoms. The van der Waals surface area contributed by atoms with Crippen LogP contribution in [0.1, 0.15) is 44.7 Å². The zero-order valence-corrected chi connectivity index (χ0v) is 16.4. The second-order valence-electron chi connectivity index (χ2n) is 6.52. The Morgan fingerprint density at radius 2 is 1.92 bits per heavy atom. The van der Waals surface area contributed by atoms with Crippen molar-refractivity contribution >= 4 is 27.7 Å². The predicted molar refractivity (Wildman–Crippen MR) is 98.5 cm³/mol. The summed E-state index contributed by atoms with van der Waals surface area (Å²) < 4.78 is 8.54. The van der Waals surface area contributed by atoms with Crippen LogP contribution in [0, 0.1) is 0 Å². The van der Waals surface area contributed by atoms with Crippen LogP contribution in [0.25, 0.3) is 5.69 Å². The van der Waals surface area contributed by atoms with Crippen molar-refractivity contribution in [3.63, 3.8) is 0 Å². The number of imidazole rings is 1. The standard InChI is InChI=1S/C17H19BrN4OS/c1-11(14-20-15(21-23-14)17(2,3)4)24-16-19-9-10-22(16)13-7-5-12(18)6-8-13/h5-11H,1-4H3/t11-/m1/s1. The van der Waals surface area contributed by atoms with Crippen LogP contribution in [0.4, 0.5) is 0 Å². The summed E-state index contributed by atoms with van der Waals surface area (Å²) in [6.07, 6.45) is 3.75. The minimum atomic E-state index is -0.123. The van der Waals surface area contributed by atoms with Crippen LogP contribution >= 0.6 is 27.7 Å². The molecule has 0 spiro atoms. The molecule has 2 heterocycles. The molecule has 1 aromatic carbocycles. The van der Waals surface area contributed by atoms with E-state index in [0.717, 1.165) is 21.1 Å². The molecule has 0 aliphatic heterocycles. The van der Waals surface area contributed by atoms with Crippen LogP contribution in [0.15, 0.2) is 50.8 Å². The lowest BCUT2D eigenvalue weighted by atomic mass is 9.96. The highest BCUT2D eigenvalue weighted by Gasteiger charge is 2.24. The number of nitrogens with zero attached hydrogens (tertiary/aromatic N) is 4. The number of halogens is 1. The third-order valence-electron chi connectivity index (χ3n) is 3.45. The van der Waals surface area contributed by atoms with E-state index < -0.39 is 0 Å². The second kappa shape index (κ2) is 6.72. The van der Waals surface area contributed by atoms with E-state index >= 15 is 0 Å². The van der Waals surface area contributed by atoms with Crippen molar-refractivity contribution in [2.45, 2.75) is 43.5 Å². The minimum absolute atomic E-state index is 0.0187. The van der Waals surface area contributed by atoms with E-state index in [9.17, 15) is 0 Å². The topological polar surface area (TPSA) is 56.7 Å². The minimum Gasteiger partial charge on any atom is -0.338 e. The molecule has 0 fully saturated rings. The van der Waals surface area contributed by atoms with E-state index in [1.807, 2.05) is 37.4 Å². The molecular weight excluding hydrogens is 388 g/mol. The molecule has 2 aromatic heterocycles. The molecule has 5 nitrogen and oxygen atoms in total. The maximum atomic E-state index is 5.44. The van der Waals surface area contributed by atoms with E-state index in [1.54, 1.807) is 18.0 Å². The van der Waals surface area contributed by atoms with Gasteiger partial charge in [0.15, 0.2) is 11.0 Å². The summed E-state index contributed by atoms with van der Waals surface area (Å²) in [6, 6.07) is 8.12. The first-order valence-electron chi connectivity index (χ1n) is 7.64. The van der Waals surface area contributed by atoms with Crippen LogP contribution in [-0.2, 0) is 5.41 Å². The Morgan fingerprint density at radius 1 is 1.21 bits per heavy atom. The summed E-state index contributed by atoms with van der Waals surface area (Å²) in [5.41, 5.74) is 0.938. The van der Waals surface area contributed by atoms with Crippen molar-refractivity contribution in [3.8, 4) is 5.69 Å². The Balaban J connectivity index is 1.80. The van der Waals surface area contributed by atoms with E-state index in [2.05, 4.69) is 56.4 Å². The summed E-state index contributed by atoms with van der Waals surface area (Å²) in [7, 11) is 0. The van der Waals surface area contributed by atoms with Gasteiger partial charge in [0, 0.05) is 28.0 Å². The molecule has 0 saturated carbocycles. The molecule has 0 saturated heterocycles. The molecule has 3 aromatic rings. The zero-order chi connectivity index (χ0) is 17.3. The first kappa shape index (κ1) is 17.2. The average Bonchev–Trinajstić information content (AvgIpc) is 3.16. The Morgan fingerprint density at radius 3 is 2.54 bits per heavy atom. The van der Waals surface area contributed by atoms with Crippen molar-refractivity contribution < 1.29 is 4.52 Å². The number of hydrogen-bond donors (Lipinski definition) is 0. The summed E-state index contributed by atoms with van der Waals surface area (Å²) >= 11 is 5.06. The van der Waals surface area contributed by atoms with Crippen LogP contribution in [0.5, 0.6) is 0 Å². The molecule has 1 atom stereocenters. The average molecular weight is 407 g/mol. The monoisotopic (exact) mass is 406 g/mol. The summed E-state index contributed by atoms with van der Waals surface area (Å²) in [5, 5.41) is 5.00. The molecule has 24 heavy (non-hydrogen) atoms. The fourth-order valence-electron chi connectivity index (χ4n) is 2.09. The van der Waals surface area contributed by atoms with Gasteiger partial charge in [-0.15, -0.1) is 0 Å². The first-order chi connectivity index (χ1) is 11.3. The Hall–Kier alpha value is -1.60. The van der Waals surface area contributed by atoms with Crippen molar-refractivity contribution in [1.82, 2.24) is 19.7 Å². The number of rotatable bonds is 4. The molecule has 7 heteroatoms. The van der Waals surface area contributed by atoms with Crippen molar-refractivity contribution in [3.05, 3.63) is 52.8 Å². The Bertz CT molecular complexity index is 820. The van der Waals surface area contributed by atoms with E-state index in [1.165, 1.54) is 0 Å². The second-order valence-corrected chi connectivity index (χ2v) is 8.75. The van der Waals surface area contributed by atoms with Gasteiger partial charge in [0.25, 0.3) is 0 Å². The number of benzene rings is 1. The van der Waals surface area contributed by atoms with Crippen LogP contribution < -0.4 is 0 Å². The number of hydrogen-bond acceptors (Lipinski definition) is 5. The first-order valence-corrected chi connectivity index (χ1v) is 9.32. The van der Waals surface area contributed by atoms with Gasteiger partial charge in [0.1, 0.15) is 0 Å². The Kier molecular flexibility index (Phi) is 4.83. The smallest absolute Gasteiger partial charge is 0.239 e. The molecule has 0 amide bonds. The molecule has 0 unspecified atom stereocenters. The summed E-state index contributed by atoms with van der Waals surface area (Å²) in [5.74, 6) is 1.34. The SMILES string of the molecule is C[C@@H](Sc1nccn1-c1ccc(Br)cc1)c1nc(C(C)(C)C)no1. The lowest BCUT2D eigenvalue weighted by molar-refractivity contribution is 0.364. The molecule has 0 aliphatic rings. The highest BCUT2D eigenvalue weighted by Crippen LogP contribution is 2.35. The molecule has 3 rings (SSSR count). The predicted octanol–water partition coefficient (Wildman–Crippen LogP) is 5.17. The third kappa shape index (κ3) is 3.72. The zero-order valence-electron chi connectivity index (χ0n) is 14.0. The number of thioether (sulfide) groups is 1. The molecule has 126 valence electrons. The molecule has 0 aliphatic carbocycles. The summed E-state index contributed by atoms with van der Waals surface area (Å²) in [4.78, 5) is 8.99. The van der Waals surface area contributed by atoms with E-state index in [0.29, 0.717) is 5.89 Å². The van der Waals surface area contributed by atoms with Crippen LogP contribution in [0.3, 0.4) is 0 Å². The quantitative estimate of drug-likeness (QED) is 0.559. The maximum Gasteiger partial charge on any atom is 0.239 e. The normalized spacial score (nSPS) is 13.2. The van der Waals surface area contributed by atoms with Gasteiger partial charge in [0.2, 0.25) is 5.89 Å². The highest BCUT2D eigenvalue weighted by atomic mass is 79.9. The highest BCUT2D eigenvalue weighted by molar-refractivity contribution is 9.10. The van der Waals surface area contributed by atoms with Crippen molar-refractivity contribution in [2.24, 2.45) is 0 Å². The van der Waals surface area contributed by atoms with Gasteiger partial charge in [-0.05, 0) is 31.2 Å². The van der Waals surface area contributed by atoms with Gasteiger partial charge in [-0.3, -0.25) is 4.57 Å². The van der Waals surface area contributed by atoms with Gasteiger partial charge in [-0.25, -0.2) is 4.98 Å². The van der Waals surface area contributed by atoms with E-state index in [4.69, 9.17) is 4.52 Å². The Labute approximate surface area is 154 Å². The van der Waals surface area contributed by atoms with Gasteiger partial charge in [0.05, 0.1) is 5.25 Å². The van der Waals surface area contributed by atoms with E-state index in [-0.39, 0.29) is 10.7 Å². The van der Waals surface area contributed by atoms with Crippen molar-refractivity contribution in [2.75, 3.05) is 0 Å². The van der Waals surface area contributed by atoms with Crippen molar-refractivity contribution in [1.29, 1.82) is 0 Å². The molecule has 0 radical (unpaired) electrons. The summed E-state index contributed by atoms with van der Waals surface area (Å²) in [6.45, 7) is 8.25. The van der Waals surface area contributed by atoms with Gasteiger partial charge >= 0.3 is 0 Å². The van der Waals surface area contributed by atoms with Gasteiger partial charge < -0.3 is 4.52 Å². The lowest BCUT2D eigenvalue weighted by Gasteiger charge is -2.11. The number of aromatic nitrogens is 4. The fraction of sp³-hybridized carbons (Fsp3) is 0.353. The maximum absolute atomic E-state index is 5.44. The van der Waals surface area contributed by atoms with Gasteiger partial charge in [-0.2, -0.15) is 4.98 Å².